The average molecular weight is 679 g/mol. The number of aliphatic hydroxyl groups excluding tert-OH is 2. The highest BCUT2D eigenvalue weighted by atomic mass is 16.5. The first-order valence-corrected chi connectivity index (χ1v) is 18.1. The van der Waals surface area contributed by atoms with E-state index >= 15 is 0 Å². The first kappa shape index (κ1) is 35.1. The van der Waals surface area contributed by atoms with E-state index in [0.717, 1.165) is 64.2 Å². The van der Waals surface area contributed by atoms with Gasteiger partial charge in [-0.05, 0) is 69.2 Å². The summed E-state index contributed by atoms with van der Waals surface area (Å²) in [5, 5.41) is 50.0. The maximum Gasteiger partial charge on any atom is 0.305 e. The van der Waals surface area contributed by atoms with E-state index in [4.69, 9.17) is 4.74 Å². The van der Waals surface area contributed by atoms with E-state index in [1.807, 2.05) is 0 Å². The van der Waals surface area contributed by atoms with Gasteiger partial charge < -0.3 is 30.5 Å². The van der Waals surface area contributed by atoms with E-state index in [2.05, 4.69) is 5.32 Å². The molecule has 0 unspecified atom stereocenters. The predicted octanol–water partition coefficient (Wildman–Crippen LogP) is 4.62. The minimum atomic E-state index is -2.91. The van der Waals surface area contributed by atoms with E-state index < -0.39 is 76.0 Å². The molecule has 0 spiro atoms. The molecule has 3 saturated carbocycles. The number of phenolic OH excluding ortho intramolecular Hbond substituents is 1. The summed E-state index contributed by atoms with van der Waals surface area (Å²) in [7, 11) is 3.14. The van der Waals surface area contributed by atoms with E-state index in [-0.39, 0.29) is 35.8 Å². The number of aromatic hydroxyl groups is 1. The lowest BCUT2D eigenvalue weighted by molar-refractivity contribution is -0.185. The largest absolute Gasteiger partial charge is 0.508 e. The molecule has 1 amide bonds. The molecule has 49 heavy (non-hydrogen) atoms. The van der Waals surface area contributed by atoms with E-state index in [1.165, 1.54) is 11.0 Å². The number of carbonyl (C=O) groups is 4. The Labute approximate surface area is 287 Å². The van der Waals surface area contributed by atoms with Crippen molar-refractivity contribution in [2.75, 3.05) is 20.6 Å². The number of rotatable bonds is 9. The molecule has 5 aliphatic carbocycles. The van der Waals surface area contributed by atoms with Gasteiger partial charge in [0.1, 0.15) is 28.9 Å². The summed E-state index contributed by atoms with van der Waals surface area (Å²) in [6.45, 7) is 1.87. The second-order valence-corrected chi connectivity index (χ2v) is 15.0. The number of ketones is 2. The minimum absolute atomic E-state index is 0.0469. The van der Waals surface area contributed by atoms with Crippen molar-refractivity contribution in [1.29, 1.82) is 0 Å². The Morgan fingerprint density at radius 2 is 1.61 bits per heavy atom. The summed E-state index contributed by atoms with van der Waals surface area (Å²) >= 11 is 0. The lowest BCUT2D eigenvalue weighted by atomic mass is 9.53. The molecule has 0 radical (unpaired) electrons. The number of hydrogen-bond acceptors (Lipinski definition) is 10. The number of amides is 1. The quantitative estimate of drug-likeness (QED) is 0.183. The van der Waals surface area contributed by atoms with E-state index in [0.29, 0.717) is 17.9 Å². The molecule has 6 rings (SSSR count). The van der Waals surface area contributed by atoms with Gasteiger partial charge >= 0.3 is 5.97 Å². The smallest absolute Gasteiger partial charge is 0.305 e. The fraction of sp³-hybridized carbons (Fsp3) is 0.632. The topological polar surface area (TPSA) is 174 Å². The standard InChI is InChI=1S/C38H50N2O9/c1-4-25(42)49-34-27-23(18-17-20-11-8-9-12-20)22-15-10-16-24(41)26(22)32(43)28(27)35(45)38(48)30(34)31(40(2)3)33(44)29(36(38)46)37(47)39-19-21-13-6-5-7-14-21/h10,15-16,20-21,23,27,30-31,34,41,43,46,48H,4-9,11-14,17-19H2,1-3H3,(H,39,47)/t23-,27+,30+,31-,34-,38-/m1/s1. The number of nitrogens with one attached hydrogen (secondary N) is 1. The molecule has 0 aliphatic heterocycles. The first-order valence-electron chi connectivity index (χ1n) is 18.1. The summed E-state index contributed by atoms with van der Waals surface area (Å²) in [5.41, 5.74) is -3.30. The SMILES string of the molecule is CCC(=O)O[C@@H]1[C@@H]2C(=C(O)c3c(O)cccc3[C@H]2CCC2CCCC2)C(=O)[C@@]2(O)C(O)=C(C(=O)NCC3CCCCC3)C(=O)[C@H](N(C)C)[C@@H]12. The number of esters is 1. The van der Waals surface area contributed by atoms with Crippen LogP contribution in [0.4, 0.5) is 0 Å². The van der Waals surface area contributed by atoms with E-state index in [9.17, 15) is 39.6 Å². The van der Waals surface area contributed by atoms with Gasteiger partial charge in [-0.1, -0.05) is 64.0 Å². The molecule has 1 aromatic carbocycles. The molecule has 266 valence electrons. The summed E-state index contributed by atoms with van der Waals surface area (Å²) in [6, 6.07) is 3.48. The maximum absolute atomic E-state index is 14.9. The molecule has 1 aromatic rings. The van der Waals surface area contributed by atoms with Crippen molar-refractivity contribution in [2.45, 2.75) is 108 Å². The lowest BCUT2D eigenvalue weighted by Crippen LogP contribution is -2.71. The molecule has 0 bridgehead atoms. The van der Waals surface area contributed by atoms with Gasteiger partial charge in [-0.25, -0.2) is 0 Å². The van der Waals surface area contributed by atoms with Crippen molar-refractivity contribution in [3.8, 4) is 5.75 Å². The number of fused-ring (bicyclic) bond motifs is 3. The number of benzene rings is 1. The highest BCUT2D eigenvalue weighted by molar-refractivity contribution is 6.25. The molecular formula is C38H50N2O9. The number of likely N-dealkylation sites (N-methyl/N-ethyl adjacent to an activating group) is 1. The molecule has 0 aromatic heterocycles. The van der Waals surface area contributed by atoms with Crippen LogP contribution in [-0.4, -0.2) is 87.2 Å². The van der Waals surface area contributed by atoms with Gasteiger partial charge in [0.25, 0.3) is 5.91 Å². The molecule has 5 N–H and O–H groups in total. The zero-order valence-electron chi connectivity index (χ0n) is 28.7. The Morgan fingerprint density at radius 3 is 2.27 bits per heavy atom. The van der Waals surface area contributed by atoms with Crippen LogP contribution < -0.4 is 5.32 Å². The monoisotopic (exact) mass is 678 g/mol. The Bertz CT molecular complexity index is 1570. The Kier molecular flexibility index (Phi) is 9.97. The Balaban J connectivity index is 1.52. The van der Waals surface area contributed by atoms with E-state index in [1.54, 1.807) is 33.2 Å². The zero-order valence-corrected chi connectivity index (χ0v) is 28.7. The Hall–Kier alpha value is -3.70. The highest BCUT2D eigenvalue weighted by Crippen LogP contribution is 2.58. The van der Waals surface area contributed by atoms with Gasteiger partial charge in [0.15, 0.2) is 11.4 Å². The van der Waals surface area contributed by atoms with Crippen LogP contribution >= 0.6 is 0 Å². The van der Waals surface area contributed by atoms with Crippen molar-refractivity contribution in [2.24, 2.45) is 23.7 Å². The average Bonchev–Trinajstić information content (AvgIpc) is 3.60. The van der Waals surface area contributed by atoms with Crippen molar-refractivity contribution >= 4 is 29.2 Å². The van der Waals surface area contributed by atoms with Crippen LogP contribution in [0.5, 0.6) is 5.75 Å². The minimum Gasteiger partial charge on any atom is -0.508 e. The van der Waals surface area contributed by atoms with Crippen molar-refractivity contribution in [3.63, 3.8) is 0 Å². The highest BCUT2D eigenvalue weighted by Gasteiger charge is 2.70. The van der Waals surface area contributed by atoms with Crippen LogP contribution in [0.2, 0.25) is 0 Å². The second-order valence-electron chi connectivity index (χ2n) is 15.0. The maximum atomic E-state index is 14.9. The molecule has 11 heteroatoms. The number of aliphatic hydroxyl groups is 3. The Morgan fingerprint density at radius 1 is 0.959 bits per heavy atom. The number of carbonyl (C=O) groups excluding carboxylic acids is 4. The molecule has 3 fully saturated rings. The number of phenols is 1. The number of hydrogen-bond donors (Lipinski definition) is 5. The lowest BCUT2D eigenvalue weighted by Gasteiger charge is -2.55. The summed E-state index contributed by atoms with van der Waals surface area (Å²) in [4.78, 5) is 57.6. The van der Waals surface area contributed by atoms with Crippen LogP contribution in [0.3, 0.4) is 0 Å². The third-order valence-electron chi connectivity index (χ3n) is 11.9. The number of ether oxygens (including phenoxy) is 1. The van der Waals surface area contributed by atoms with Crippen molar-refractivity contribution < 1.29 is 44.3 Å². The van der Waals surface area contributed by atoms with Crippen molar-refractivity contribution in [1.82, 2.24) is 10.2 Å². The number of Topliss-reactive ketones (excluding diaryl/α,β-unsaturated/α-hetero) is 2. The third kappa shape index (κ3) is 5.96. The molecule has 0 heterocycles. The summed E-state index contributed by atoms with van der Waals surface area (Å²) in [5.74, 6) is -7.80. The van der Waals surface area contributed by atoms with Crippen LogP contribution in [-0.2, 0) is 23.9 Å². The van der Waals surface area contributed by atoms with Crippen LogP contribution in [0, 0.1) is 23.7 Å². The molecule has 5 aliphatic rings. The normalized spacial score (nSPS) is 30.7. The molecule has 0 saturated heterocycles. The third-order valence-corrected chi connectivity index (χ3v) is 11.9. The number of nitrogens with zero attached hydrogens (tertiary/aromatic N) is 1. The predicted molar refractivity (Wildman–Crippen MR) is 180 cm³/mol. The van der Waals surface area contributed by atoms with Gasteiger partial charge in [-0.2, -0.15) is 0 Å². The molecule has 11 nitrogen and oxygen atoms in total. The van der Waals surface area contributed by atoms with Gasteiger partial charge in [-0.15, -0.1) is 0 Å². The van der Waals surface area contributed by atoms with Crippen LogP contribution in [0.15, 0.2) is 35.1 Å². The van der Waals surface area contributed by atoms with Crippen LogP contribution in [0.1, 0.15) is 101 Å². The van der Waals surface area contributed by atoms with Gasteiger partial charge in [0, 0.05) is 24.5 Å². The molecular weight excluding hydrogens is 628 g/mol. The zero-order chi connectivity index (χ0) is 35.2. The fourth-order valence-corrected chi connectivity index (χ4v) is 9.50. The van der Waals surface area contributed by atoms with Crippen LogP contribution in [0.25, 0.3) is 5.76 Å². The summed E-state index contributed by atoms with van der Waals surface area (Å²) in [6.07, 6.45) is 9.30. The summed E-state index contributed by atoms with van der Waals surface area (Å²) < 4.78 is 6.12. The van der Waals surface area contributed by atoms with Gasteiger partial charge in [-0.3, -0.25) is 24.1 Å². The fourth-order valence-electron chi connectivity index (χ4n) is 9.50. The second kappa shape index (κ2) is 13.9. The van der Waals surface area contributed by atoms with Crippen molar-refractivity contribution in [3.05, 3.63) is 46.2 Å². The molecule has 6 atom stereocenters. The van der Waals surface area contributed by atoms with Gasteiger partial charge in [0.05, 0.1) is 17.5 Å². The first-order chi connectivity index (χ1) is 23.4. The van der Waals surface area contributed by atoms with Gasteiger partial charge in [0.2, 0.25) is 5.78 Å².